The van der Waals surface area contributed by atoms with Crippen LogP contribution in [0, 0.1) is 5.82 Å². The minimum Gasteiger partial charge on any atom is -0.491 e. The lowest BCUT2D eigenvalue weighted by atomic mass is 10.1. The third kappa shape index (κ3) is 5.09. The van der Waals surface area contributed by atoms with Gasteiger partial charge >= 0.3 is 0 Å². The van der Waals surface area contributed by atoms with E-state index in [1.807, 2.05) is 13.8 Å². The van der Waals surface area contributed by atoms with E-state index in [1.54, 1.807) is 60.4 Å². The van der Waals surface area contributed by atoms with Crippen molar-refractivity contribution in [2.24, 2.45) is 7.05 Å². The second-order valence-corrected chi connectivity index (χ2v) is 6.57. The van der Waals surface area contributed by atoms with Gasteiger partial charge in [-0.3, -0.25) is 9.48 Å². The highest BCUT2D eigenvalue weighted by atomic mass is 19.1. The van der Waals surface area contributed by atoms with Crippen LogP contribution in [0.1, 0.15) is 29.8 Å². The third-order valence-electron chi connectivity index (χ3n) is 3.82. The average molecular weight is 383 g/mol. The summed E-state index contributed by atoms with van der Waals surface area (Å²) in [6, 6.07) is 13.0. The van der Waals surface area contributed by atoms with Crippen molar-refractivity contribution in [3.05, 3.63) is 71.7 Å². The first-order valence-electron chi connectivity index (χ1n) is 8.89. The number of hydrogen-bond donors (Lipinski definition) is 1. The number of rotatable bonds is 7. The van der Waals surface area contributed by atoms with Crippen molar-refractivity contribution >= 4 is 11.7 Å². The van der Waals surface area contributed by atoms with Crippen LogP contribution in [0.25, 0.3) is 0 Å². The lowest BCUT2D eigenvalue weighted by Gasteiger charge is -2.14. The molecule has 7 heteroatoms. The molecule has 2 aromatic carbocycles. The van der Waals surface area contributed by atoms with Gasteiger partial charge in [0.1, 0.15) is 23.9 Å². The second-order valence-electron chi connectivity index (χ2n) is 6.57. The number of ether oxygens (including phenoxy) is 2. The van der Waals surface area contributed by atoms with Crippen LogP contribution in [-0.2, 0) is 13.7 Å². The first-order chi connectivity index (χ1) is 13.4. The fraction of sp³-hybridized carbons (Fsp3) is 0.238. The Hall–Kier alpha value is -3.35. The number of benzene rings is 2. The molecule has 0 aliphatic heterocycles. The molecular weight excluding hydrogens is 361 g/mol. The lowest BCUT2D eigenvalue weighted by molar-refractivity contribution is 0.102. The third-order valence-corrected chi connectivity index (χ3v) is 3.82. The van der Waals surface area contributed by atoms with E-state index in [0.717, 1.165) is 0 Å². The minimum atomic E-state index is -0.344. The van der Waals surface area contributed by atoms with Gasteiger partial charge < -0.3 is 14.8 Å². The van der Waals surface area contributed by atoms with Gasteiger partial charge in [-0.1, -0.05) is 18.2 Å². The van der Waals surface area contributed by atoms with E-state index in [-0.39, 0.29) is 24.4 Å². The maximum Gasteiger partial charge on any atom is 0.257 e. The first kappa shape index (κ1) is 19.4. The maximum atomic E-state index is 13.8. The van der Waals surface area contributed by atoms with E-state index in [1.165, 1.54) is 6.07 Å². The Balaban J connectivity index is 1.81. The van der Waals surface area contributed by atoms with Crippen molar-refractivity contribution in [1.82, 2.24) is 9.78 Å². The van der Waals surface area contributed by atoms with Crippen LogP contribution in [0.15, 0.2) is 54.7 Å². The second kappa shape index (κ2) is 8.56. The Morgan fingerprint density at radius 1 is 1.18 bits per heavy atom. The quantitative estimate of drug-likeness (QED) is 0.665. The number of anilines is 1. The molecule has 0 aliphatic carbocycles. The van der Waals surface area contributed by atoms with Gasteiger partial charge in [0, 0.05) is 36.5 Å². The fourth-order valence-corrected chi connectivity index (χ4v) is 2.57. The lowest BCUT2D eigenvalue weighted by Crippen LogP contribution is -2.14. The van der Waals surface area contributed by atoms with Crippen molar-refractivity contribution in [2.75, 3.05) is 5.32 Å². The van der Waals surface area contributed by atoms with E-state index in [0.29, 0.717) is 28.4 Å². The van der Waals surface area contributed by atoms with Gasteiger partial charge in [0.25, 0.3) is 5.91 Å². The normalized spacial score (nSPS) is 10.8. The molecule has 0 saturated carbocycles. The molecule has 28 heavy (non-hydrogen) atoms. The highest BCUT2D eigenvalue weighted by molar-refractivity contribution is 6.04. The van der Waals surface area contributed by atoms with Gasteiger partial charge in [0.15, 0.2) is 5.82 Å². The molecule has 3 rings (SSSR count). The molecule has 0 atom stereocenters. The molecule has 1 aromatic heterocycles. The number of carbonyl (C=O) groups is 1. The van der Waals surface area contributed by atoms with Crippen LogP contribution in [0.2, 0.25) is 0 Å². The molecule has 0 aliphatic rings. The van der Waals surface area contributed by atoms with E-state index >= 15 is 0 Å². The number of nitrogens with one attached hydrogen (secondary N) is 1. The Morgan fingerprint density at radius 3 is 2.61 bits per heavy atom. The minimum absolute atomic E-state index is 0.0408. The van der Waals surface area contributed by atoms with E-state index in [2.05, 4.69) is 10.4 Å². The maximum absolute atomic E-state index is 13.8. The van der Waals surface area contributed by atoms with Gasteiger partial charge in [0.2, 0.25) is 0 Å². The number of aryl methyl sites for hydroxylation is 1. The van der Waals surface area contributed by atoms with E-state index in [9.17, 15) is 9.18 Å². The molecule has 146 valence electrons. The Bertz CT molecular complexity index is 969. The highest BCUT2D eigenvalue weighted by Crippen LogP contribution is 2.25. The summed E-state index contributed by atoms with van der Waals surface area (Å²) in [5.41, 5.74) is 0.782. The first-order valence-corrected chi connectivity index (χ1v) is 8.89. The van der Waals surface area contributed by atoms with Crippen LogP contribution in [0.3, 0.4) is 0 Å². The Kier molecular flexibility index (Phi) is 5.93. The fourth-order valence-electron chi connectivity index (χ4n) is 2.57. The largest absolute Gasteiger partial charge is 0.491 e. The zero-order valence-electron chi connectivity index (χ0n) is 16.0. The highest BCUT2D eigenvalue weighted by Gasteiger charge is 2.13. The molecular formula is C21H22FN3O3. The summed E-state index contributed by atoms with van der Waals surface area (Å²) in [5.74, 6) is 0.658. The predicted molar refractivity (Wildman–Crippen MR) is 104 cm³/mol. The van der Waals surface area contributed by atoms with Gasteiger partial charge in [-0.05, 0) is 32.0 Å². The van der Waals surface area contributed by atoms with E-state index < -0.39 is 0 Å². The van der Waals surface area contributed by atoms with Crippen LogP contribution >= 0.6 is 0 Å². The summed E-state index contributed by atoms with van der Waals surface area (Å²) in [6.45, 7) is 3.82. The van der Waals surface area contributed by atoms with Crippen molar-refractivity contribution in [2.45, 2.75) is 26.6 Å². The van der Waals surface area contributed by atoms with Crippen LogP contribution < -0.4 is 14.8 Å². The molecule has 6 nitrogen and oxygen atoms in total. The van der Waals surface area contributed by atoms with Gasteiger partial charge in [0.05, 0.1) is 6.10 Å². The van der Waals surface area contributed by atoms with Gasteiger partial charge in [-0.2, -0.15) is 5.10 Å². The molecule has 1 amide bonds. The summed E-state index contributed by atoms with van der Waals surface area (Å²) in [7, 11) is 1.77. The van der Waals surface area contributed by atoms with Crippen LogP contribution in [-0.4, -0.2) is 21.8 Å². The van der Waals surface area contributed by atoms with Crippen molar-refractivity contribution < 1.29 is 18.7 Å². The molecule has 0 saturated heterocycles. The van der Waals surface area contributed by atoms with Gasteiger partial charge in [-0.25, -0.2) is 4.39 Å². The molecule has 1 N–H and O–H groups in total. The zero-order valence-corrected chi connectivity index (χ0v) is 16.0. The summed E-state index contributed by atoms with van der Waals surface area (Å²) in [5, 5.41) is 6.86. The van der Waals surface area contributed by atoms with Crippen molar-refractivity contribution in [3.8, 4) is 11.5 Å². The molecule has 0 bridgehead atoms. The standard InChI is InChI=1S/C21H22FN3O3/c1-14(2)28-18-11-16(21(26)23-20-8-9-25(3)24-20)10-17(12-18)27-13-15-6-4-5-7-19(15)22/h4-12,14H,13H2,1-3H3,(H,23,24,26). The van der Waals surface area contributed by atoms with Crippen molar-refractivity contribution in [1.29, 1.82) is 0 Å². The number of nitrogens with zero attached hydrogens (tertiary/aromatic N) is 2. The number of amides is 1. The summed E-state index contributed by atoms with van der Waals surface area (Å²) < 4.78 is 26.9. The molecule has 3 aromatic rings. The topological polar surface area (TPSA) is 65.4 Å². The number of halogens is 1. The Labute approximate surface area is 162 Å². The summed E-state index contributed by atoms with van der Waals surface area (Å²) in [6.07, 6.45) is 1.66. The van der Waals surface area contributed by atoms with Crippen molar-refractivity contribution in [3.63, 3.8) is 0 Å². The zero-order chi connectivity index (χ0) is 20.1. The summed E-state index contributed by atoms with van der Waals surface area (Å²) in [4.78, 5) is 12.6. The number of carbonyl (C=O) groups excluding carboxylic acids is 1. The SMILES string of the molecule is CC(C)Oc1cc(OCc2ccccc2F)cc(C(=O)Nc2ccn(C)n2)c1. The summed E-state index contributed by atoms with van der Waals surface area (Å²) >= 11 is 0. The Morgan fingerprint density at radius 2 is 1.93 bits per heavy atom. The van der Waals surface area contributed by atoms with Crippen LogP contribution in [0.5, 0.6) is 11.5 Å². The van der Waals surface area contributed by atoms with Crippen LogP contribution in [0.4, 0.5) is 10.2 Å². The molecule has 0 radical (unpaired) electrons. The number of hydrogen-bond acceptors (Lipinski definition) is 4. The smallest absolute Gasteiger partial charge is 0.257 e. The predicted octanol–water partition coefficient (Wildman–Crippen LogP) is 4.18. The molecule has 0 unspecified atom stereocenters. The molecule has 0 spiro atoms. The molecule has 1 heterocycles. The molecule has 0 fully saturated rings. The van der Waals surface area contributed by atoms with Gasteiger partial charge in [-0.15, -0.1) is 0 Å². The number of aromatic nitrogens is 2. The monoisotopic (exact) mass is 383 g/mol. The average Bonchev–Trinajstić information content (AvgIpc) is 3.05. The van der Waals surface area contributed by atoms with E-state index in [4.69, 9.17) is 9.47 Å².